The number of nitrogens with zero attached hydrogens (tertiary/aromatic N) is 1. The number of hydrogen-bond acceptors (Lipinski definition) is 2. The molecule has 1 aliphatic rings. The van der Waals surface area contributed by atoms with Crippen molar-refractivity contribution in [3.63, 3.8) is 0 Å². The largest absolute Gasteiger partial charge is 0.370 e. The number of rotatable bonds is 4. The van der Waals surface area contributed by atoms with Gasteiger partial charge in [0.15, 0.2) is 0 Å². The van der Waals surface area contributed by atoms with E-state index in [0.29, 0.717) is 0 Å². The highest BCUT2D eigenvalue weighted by molar-refractivity contribution is 6.33. The summed E-state index contributed by atoms with van der Waals surface area (Å²) < 4.78 is 0. The van der Waals surface area contributed by atoms with Gasteiger partial charge in [0.05, 0.1) is 10.7 Å². The van der Waals surface area contributed by atoms with E-state index >= 15 is 0 Å². The second-order valence-corrected chi connectivity index (χ2v) is 5.21. The van der Waals surface area contributed by atoms with Crippen LogP contribution in [0, 0.1) is 5.92 Å². The van der Waals surface area contributed by atoms with E-state index in [2.05, 4.69) is 22.3 Å². The lowest BCUT2D eigenvalue weighted by Crippen LogP contribution is -2.36. The summed E-state index contributed by atoms with van der Waals surface area (Å²) in [7, 11) is 2.02. The molecule has 0 radical (unpaired) electrons. The van der Waals surface area contributed by atoms with Crippen molar-refractivity contribution >= 4 is 17.3 Å². The fourth-order valence-corrected chi connectivity index (χ4v) is 2.83. The van der Waals surface area contributed by atoms with E-state index in [1.165, 1.54) is 24.9 Å². The molecule has 0 spiro atoms. The Morgan fingerprint density at radius 1 is 1.41 bits per heavy atom. The Balaban J connectivity index is 1.99. The summed E-state index contributed by atoms with van der Waals surface area (Å²) in [5, 5.41) is 4.11. The molecule has 0 amide bonds. The fraction of sp³-hybridized carbons (Fsp3) is 0.571. The Bertz CT molecular complexity index is 354. The zero-order valence-electron chi connectivity index (χ0n) is 10.5. The van der Waals surface area contributed by atoms with Crippen molar-refractivity contribution in [1.29, 1.82) is 0 Å². The summed E-state index contributed by atoms with van der Waals surface area (Å²) in [5.74, 6) is 0.799. The second-order valence-electron chi connectivity index (χ2n) is 4.80. The summed E-state index contributed by atoms with van der Waals surface area (Å²) in [5.41, 5.74) is 1.20. The molecule has 1 fully saturated rings. The molecule has 1 heterocycles. The molecule has 0 aromatic heterocycles. The van der Waals surface area contributed by atoms with Crippen LogP contribution in [0.3, 0.4) is 0 Å². The zero-order valence-corrected chi connectivity index (χ0v) is 11.2. The molecule has 1 aromatic rings. The first kappa shape index (κ1) is 12.7. The third-order valence-corrected chi connectivity index (χ3v) is 3.83. The van der Waals surface area contributed by atoms with E-state index in [1.54, 1.807) is 0 Å². The highest BCUT2D eigenvalue weighted by Crippen LogP contribution is 2.30. The third-order valence-electron chi connectivity index (χ3n) is 3.51. The predicted octanol–water partition coefficient (Wildman–Crippen LogP) is 3.17. The van der Waals surface area contributed by atoms with Gasteiger partial charge in [-0.1, -0.05) is 23.7 Å². The van der Waals surface area contributed by atoms with Crippen LogP contribution in [0.15, 0.2) is 24.3 Å². The van der Waals surface area contributed by atoms with Crippen LogP contribution in [-0.4, -0.2) is 26.7 Å². The van der Waals surface area contributed by atoms with Crippen LogP contribution in [0.2, 0.25) is 5.02 Å². The number of anilines is 1. The summed E-state index contributed by atoms with van der Waals surface area (Å²) >= 11 is 6.26. The first-order chi connectivity index (χ1) is 8.31. The van der Waals surface area contributed by atoms with Crippen LogP contribution in [0.1, 0.15) is 19.3 Å². The molecular weight excluding hydrogens is 232 g/mol. The van der Waals surface area contributed by atoms with Crippen LogP contribution < -0.4 is 10.2 Å². The van der Waals surface area contributed by atoms with Gasteiger partial charge in [-0.05, 0) is 50.9 Å². The lowest BCUT2D eigenvalue weighted by Gasteiger charge is -2.35. The highest BCUT2D eigenvalue weighted by atomic mass is 35.5. The van der Waals surface area contributed by atoms with Crippen molar-refractivity contribution < 1.29 is 0 Å². The Kier molecular flexibility index (Phi) is 4.69. The van der Waals surface area contributed by atoms with Crippen molar-refractivity contribution in [2.24, 2.45) is 5.92 Å². The van der Waals surface area contributed by atoms with Gasteiger partial charge in [-0.15, -0.1) is 0 Å². The van der Waals surface area contributed by atoms with E-state index in [9.17, 15) is 0 Å². The molecule has 2 rings (SSSR count). The zero-order chi connectivity index (χ0) is 12.1. The molecule has 1 atom stereocenters. The molecule has 0 aliphatic carbocycles. The monoisotopic (exact) mass is 252 g/mol. The first-order valence-electron chi connectivity index (χ1n) is 6.45. The van der Waals surface area contributed by atoms with E-state index < -0.39 is 0 Å². The Labute approximate surface area is 109 Å². The van der Waals surface area contributed by atoms with Gasteiger partial charge < -0.3 is 10.2 Å². The van der Waals surface area contributed by atoms with Gasteiger partial charge in [0.2, 0.25) is 0 Å². The van der Waals surface area contributed by atoms with Crippen molar-refractivity contribution in [1.82, 2.24) is 5.32 Å². The van der Waals surface area contributed by atoms with Crippen molar-refractivity contribution in [3.8, 4) is 0 Å². The molecule has 2 nitrogen and oxygen atoms in total. The second kappa shape index (κ2) is 6.27. The minimum Gasteiger partial charge on any atom is -0.370 e. The van der Waals surface area contributed by atoms with Gasteiger partial charge in [0, 0.05) is 13.1 Å². The van der Waals surface area contributed by atoms with E-state index in [0.717, 1.165) is 30.6 Å². The molecular formula is C14H21ClN2. The van der Waals surface area contributed by atoms with Gasteiger partial charge in [0.25, 0.3) is 0 Å². The van der Waals surface area contributed by atoms with Crippen LogP contribution in [0.5, 0.6) is 0 Å². The SMILES string of the molecule is CNCCC1CCCN(c2ccccc2Cl)C1. The molecule has 3 heteroatoms. The topological polar surface area (TPSA) is 15.3 Å². The number of piperidine rings is 1. The average molecular weight is 253 g/mol. The molecule has 0 bridgehead atoms. The molecule has 1 aliphatic heterocycles. The van der Waals surface area contributed by atoms with Crippen molar-refractivity contribution in [2.45, 2.75) is 19.3 Å². The normalized spacial score (nSPS) is 20.6. The summed E-state index contributed by atoms with van der Waals surface area (Å²) in [6, 6.07) is 8.17. The molecule has 0 saturated carbocycles. The molecule has 94 valence electrons. The van der Waals surface area contributed by atoms with Crippen LogP contribution in [0.4, 0.5) is 5.69 Å². The van der Waals surface area contributed by atoms with Crippen LogP contribution in [0.25, 0.3) is 0 Å². The van der Waals surface area contributed by atoms with Gasteiger partial charge in [0.1, 0.15) is 0 Å². The predicted molar refractivity (Wildman–Crippen MR) is 74.9 cm³/mol. The van der Waals surface area contributed by atoms with Crippen LogP contribution >= 0.6 is 11.6 Å². The lowest BCUT2D eigenvalue weighted by molar-refractivity contribution is 0.388. The van der Waals surface area contributed by atoms with E-state index in [-0.39, 0.29) is 0 Å². The summed E-state index contributed by atoms with van der Waals surface area (Å²) in [6.07, 6.45) is 3.89. The van der Waals surface area contributed by atoms with Crippen LogP contribution in [-0.2, 0) is 0 Å². The maximum atomic E-state index is 6.26. The maximum Gasteiger partial charge on any atom is 0.0639 e. The molecule has 17 heavy (non-hydrogen) atoms. The number of halogens is 1. The molecule has 1 saturated heterocycles. The van der Waals surface area contributed by atoms with Gasteiger partial charge in [-0.2, -0.15) is 0 Å². The quantitative estimate of drug-likeness (QED) is 0.886. The minimum atomic E-state index is 0.799. The third kappa shape index (κ3) is 3.36. The van der Waals surface area contributed by atoms with Gasteiger partial charge >= 0.3 is 0 Å². The first-order valence-corrected chi connectivity index (χ1v) is 6.83. The Hall–Kier alpha value is -0.730. The van der Waals surface area contributed by atoms with E-state index in [4.69, 9.17) is 11.6 Å². The van der Waals surface area contributed by atoms with Crippen molar-refractivity contribution in [2.75, 3.05) is 31.6 Å². The Morgan fingerprint density at radius 3 is 3.00 bits per heavy atom. The van der Waals surface area contributed by atoms with Crippen molar-refractivity contribution in [3.05, 3.63) is 29.3 Å². The minimum absolute atomic E-state index is 0.799. The number of para-hydroxylation sites is 1. The number of hydrogen-bond donors (Lipinski definition) is 1. The highest BCUT2D eigenvalue weighted by Gasteiger charge is 2.20. The number of nitrogens with one attached hydrogen (secondary N) is 1. The molecule has 1 aromatic carbocycles. The van der Waals surface area contributed by atoms with Gasteiger partial charge in [-0.3, -0.25) is 0 Å². The molecule has 1 N–H and O–H groups in total. The maximum absolute atomic E-state index is 6.26. The standard InChI is InChI=1S/C14H21ClN2/c1-16-9-8-12-5-4-10-17(11-12)14-7-3-2-6-13(14)15/h2-3,6-7,12,16H,4-5,8-11H2,1H3. The van der Waals surface area contributed by atoms with Gasteiger partial charge in [-0.25, -0.2) is 0 Å². The molecule has 1 unspecified atom stereocenters. The average Bonchev–Trinajstić information content (AvgIpc) is 2.37. The fourth-order valence-electron chi connectivity index (χ4n) is 2.58. The summed E-state index contributed by atoms with van der Waals surface area (Å²) in [4.78, 5) is 2.44. The summed E-state index contributed by atoms with van der Waals surface area (Å²) in [6.45, 7) is 3.40. The smallest absolute Gasteiger partial charge is 0.0639 e. The lowest BCUT2D eigenvalue weighted by atomic mass is 9.94. The van der Waals surface area contributed by atoms with E-state index in [1.807, 2.05) is 19.2 Å². The Morgan fingerprint density at radius 2 is 2.24 bits per heavy atom. The number of benzene rings is 1.